The smallest absolute Gasteiger partial charge is 0.154 e. The van der Waals surface area contributed by atoms with Crippen molar-refractivity contribution in [1.82, 2.24) is 9.97 Å². The van der Waals surface area contributed by atoms with E-state index in [1.165, 1.54) is 24.5 Å². The molecule has 2 aromatic rings. The Morgan fingerprint density at radius 2 is 1.94 bits per heavy atom. The Labute approximate surface area is 98.3 Å². The lowest BCUT2D eigenvalue weighted by atomic mass is 10.2. The summed E-state index contributed by atoms with van der Waals surface area (Å²) in [6.07, 6.45) is 3.04. The van der Waals surface area contributed by atoms with Crippen molar-refractivity contribution in [3.05, 3.63) is 53.9 Å². The fourth-order valence-corrected chi connectivity index (χ4v) is 1.33. The molecule has 5 heteroatoms. The van der Waals surface area contributed by atoms with E-state index in [1.807, 2.05) is 0 Å². The van der Waals surface area contributed by atoms with E-state index in [2.05, 4.69) is 9.97 Å². The van der Waals surface area contributed by atoms with Crippen molar-refractivity contribution in [1.29, 1.82) is 0 Å². The zero-order valence-electron chi connectivity index (χ0n) is 9.14. The molecule has 2 rings (SSSR count). The summed E-state index contributed by atoms with van der Waals surface area (Å²) in [5, 5.41) is 0. The van der Waals surface area contributed by atoms with E-state index in [9.17, 15) is 4.39 Å². The second-order valence-electron chi connectivity index (χ2n) is 3.56. The Morgan fingerprint density at radius 1 is 1.18 bits per heavy atom. The molecule has 0 amide bonds. The van der Waals surface area contributed by atoms with Crippen LogP contribution < -0.4 is 5.73 Å². The normalized spacial score (nSPS) is 10.4. The quantitative estimate of drug-likeness (QED) is 0.876. The summed E-state index contributed by atoms with van der Waals surface area (Å²) in [6, 6.07) is 6.27. The first-order chi connectivity index (χ1) is 8.24. The molecule has 0 atom stereocenters. The third-order valence-corrected chi connectivity index (χ3v) is 2.11. The van der Waals surface area contributed by atoms with Crippen LogP contribution in [0.15, 0.2) is 36.7 Å². The predicted molar refractivity (Wildman–Crippen MR) is 61.3 cm³/mol. The molecule has 0 unspecified atom stereocenters. The lowest BCUT2D eigenvalue weighted by Crippen LogP contribution is -2.00. The molecule has 2 N–H and O–H groups in total. The summed E-state index contributed by atoms with van der Waals surface area (Å²) in [6.45, 7) is 0.599. The lowest BCUT2D eigenvalue weighted by molar-refractivity contribution is 0.101. The zero-order chi connectivity index (χ0) is 12.1. The van der Waals surface area contributed by atoms with Crippen LogP contribution in [0.5, 0.6) is 0 Å². The molecule has 0 radical (unpaired) electrons. The van der Waals surface area contributed by atoms with Gasteiger partial charge in [-0.05, 0) is 17.7 Å². The van der Waals surface area contributed by atoms with E-state index >= 15 is 0 Å². The predicted octanol–water partition coefficient (Wildman–Crippen LogP) is 1.91. The van der Waals surface area contributed by atoms with Crippen molar-refractivity contribution in [2.75, 3.05) is 5.73 Å². The van der Waals surface area contributed by atoms with Gasteiger partial charge in [-0.15, -0.1) is 0 Å². The van der Waals surface area contributed by atoms with Gasteiger partial charge in [0.1, 0.15) is 12.4 Å². The third kappa shape index (κ3) is 3.49. The molecule has 4 nitrogen and oxygen atoms in total. The highest BCUT2D eigenvalue weighted by Gasteiger charge is 1.98. The number of hydrogen-bond acceptors (Lipinski definition) is 4. The summed E-state index contributed by atoms with van der Waals surface area (Å²) in [5.41, 5.74) is 6.75. The number of nitrogens with two attached hydrogens (primary N) is 1. The number of nitrogens with zero attached hydrogens (tertiary/aromatic N) is 2. The van der Waals surface area contributed by atoms with Crippen LogP contribution in [-0.2, 0) is 18.0 Å². The number of ether oxygens (including phenoxy) is 1. The molecule has 0 bridgehead atoms. The molecule has 0 saturated heterocycles. The van der Waals surface area contributed by atoms with E-state index in [0.717, 1.165) is 5.56 Å². The van der Waals surface area contributed by atoms with Crippen molar-refractivity contribution in [3.8, 4) is 0 Å². The van der Waals surface area contributed by atoms with Crippen LogP contribution in [0.1, 0.15) is 11.4 Å². The number of hydrogen-bond donors (Lipinski definition) is 1. The SMILES string of the molecule is Nc1cnc(COCc2cccc(F)c2)nc1. The van der Waals surface area contributed by atoms with Gasteiger partial charge < -0.3 is 10.5 Å². The minimum Gasteiger partial charge on any atom is -0.396 e. The van der Waals surface area contributed by atoms with Gasteiger partial charge in [-0.3, -0.25) is 0 Å². The average molecular weight is 233 g/mol. The fraction of sp³-hybridized carbons (Fsp3) is 0.167. The van der Waals surface area contributed by atoms with Gasteiger partial charge in [-0.1, -0.05) is 12.1 Å². The summed E-state index contributed by atoms with van der Waals surface area (Å²) in [7, 11) is 0. The number of rotatable bonds is 4. The zero-order valence-corrected chi connectivity index (χ0v) is 9.14. The Hall–Kier alpha value is -2.01. The summed E-state index contributed by atoms with van der Waals surface area (Å²) < 4.78 is 18.2. The minimum atomic E-state index is -0.269. The molecule has 0 aliphatic carbocycles. The third-order valence-electron chi connectivity index (χ3n) is 2.11. The van der Waals surface area contributed by atoms with Crippen LogP contribution in [0.4, 0.5) is 10.1 Å². The highest BCUT2D eigenvalue weighted by atomic mass is 19.1. The maximum atomic E-state index is 12.9. The van der Waals surface area contributed by atoms with Gasteiger partial charge in [-0.2, -0.15) is 0 Å². The van der Waals surface area contributed by atoms with E-state index < -0.39 is 0 Å². The first-order valence-electron chi connectivity index (χ1n) is 5.12. The molecule has 0 aliphatic heterocycles. The molecule has 1 aromatic carbocycles. The number of halogens is 1. The van der Waals surface area contributed by atoms with Crippen LogP contribution in [-0.4, -0.2) is 9.97 Å². The minimum absolute atomic E-state index is 0.269. The molecule has 0 aliphatic rings. The van der Waals surface area contributed by atoms with Crippen LogP contribution in [0.2, 0.25) is 0 Å². The Bertz CT molecular complexity index is 487. The van der Waals surface area contributed by atoms with Crippen molar-refractivity contribution in [3.63, 3.8) is 0 Å². The first kappa shape index (κ1) is 11.5. The summed E-state index contributed by atoms with van der Waals surface area (Å²) in [4.78, 5) is 7.98. The van der Waals surface area contributed by atoms with Gasteiger partial charge in [0.05, 0.1) is 24.7 Å². The molecule has 88 valence electrons. The van der Waals surface area contributed by atoms with Crippen molar-refractivity contribution < 1.29 is 9.13 Å². The van der Waals surface area contributed by atoms with Crippen LogP contribution in [0, 0.1) is 5.82 Å². The molecular weight excluding hydrogens is 221 g/mol. The van der Waals surface area contributed by atoms with Gasteiger partial charge in [0, 0.05) is 0 Å². The van der Waals surface area contributed by atoms with Gasteiger partial charge in [0.15, 0.2) is 5.82 Å². The highest BCUT2D eigenvalue weighted by molar-refractivity contribution is 5.29. The van der Waals surface area contributed by atoms with E-state index in [1.54, 1.807) is 12.1 Å². The number of benzene rings is 1. The molecule has 1 heterocycles. The molecule has 0 spiro atoms. The first-order valence-corrected chi connectivity index (χ1v) is 5.12. The standard InChI is InChI=1S/C12H12FN3O/c13-10-3-1-2-9(4-10)7-17-8-12-15-5-11(14)6-16-12/h1-6H,7-8,14H2. The monoisotopic (exact) mass is 233 g/mol. The number of nitrogen functional groups attached to an aromatic ring is 1. The Balaban J connectivity index is 1.85. The van der Waals surface area contributed by atoms with E-state index in [-0.39, 0.29) is 12.4 Å². The fourth-order valence-electron chi connectivity index (χ4n) is 1.33. The maximum absolute atomic E-state index is 12.9. The lowest BCUT2D eigenvalue weighted by Gasteiger charge is -2.03. The van der Waals surface area contributed by atoms with Gasteiger partial charge in [0.2, 0.25) is 0 Å². The van der Waals surface area contributed by atoms with Crippen molar-refractivity contribution in [2.45, 2.75) is 13.2 Å². The van der Waals surface area contributed by atoms with Gasteiger partial charge in [-0.25, -0.2) is 14.4 Å². The molecular formula is C12H12FN3O. The molecule has 0 fully saturated rings. The van der Waals surface area contributed by atoms with E-state index in [0.29, 0.717) is 18.1 Å². The van der Waals surface area contributed by atoms with Gasteiger partial charge in [0.25, 0.3) is 0 Å². The van der Waals surface area contributed by atoms with E-state index in [4.69, 9.17) is 10.5 Å². The number of aromatic nitrogens is 2. The van der Waals surface area contributed by atoms with Crippen LogP contribution in [0.25, 0.3) is 0 Å². The van der Waals surface area contributed by atoms with Crippen molar-refractivity contribution >= 4 is 5.69 Å². The number of anilines is 1. The van der Waals surface area contributed by atoms with Crippen molar-refractivity contribution in [2.24, 2.45) is 0 Å². The Morgan fingerprint density at radius 3 is 2.65 bits per heavy atom. The molecule has 1 aromatic heterocycles. The Kier molecular flexibility index (Phi) is 3.62. The maximum Gasteiger partial charge on any atom is 0.154 e. The second-order valence-corrected chi connectivity index (χ2v) is 3.56. The molecule has 0 saturated carbocycles. The van der Waals surface area contributed by atoms with Gasteiger partial charge >= 0.3 is 0 Å². The van der Waals surface area contributed by atoms with Crippen LogP contribution in [0.3, 0.4) is 0 Å². The summed E-state index contributed by atoms with van der Waals surface area (Å²) in [5.74, 6) is 0.283. The largest absolute Gasteiger partial charge is 0.396 e. The topological polar surface area (TPSA) is 61.0 Å². The second kappa shape index (κ2) is 5.36. The summed E-state index contributed by atoms with van der Waals surface area (Å²) >= 11 is 0. The molecule has 17 heavy (non-hydrogen) atoms. The highest BCUT2D eigenvalue weighted by Crippen LogP contribution is 2.06. The average Bonchev–Trinajstić information content (AvgIpc) is 2.32. The van der Waals surface area contributed by atoms with Crippen LogP contribution >= 0.6 is 0 Å².